The van der Waals surface area contributed by atoms with Gasteiger partial charge in [0.25, 0.3) is 0 Å². The van der Waals surface area contributed by atoms with Crippen molar-refractivity contribution in [2.45, 2.75) is 13.3 Å². The van der Waals surface area contributed by atoms with Crippen LogP contribution in [0.4, 0.5) is 5.69 Å². The monoisotopic (exact) mass is 252 g/mol. The summed E-state index contributed by atoms with van der Waals surface area (Å²) in [4.78, 5) is 12.0. The lowest BCUT2D eigenvalue weighted by molar-refractivity contribution is -0.119. The van der Waals surface area contributed by atoms with Crippen LogP contribution >= 0.6 is 0 Å². The summed E-state index contributed by atoms with van der Waals surface area (Å²) in [5, 5.41) is 2.81. The molecule has 1 aromatic carbocycles. The smallest absolute Gasteiger partial charge is 0.228 e. The second-order valence-corrected chi connectivity index (χ2v) is 3.90. The number of carbonyl (C=O) groups excluding carboxylic acids is 1. The number of benzene rings is 1. The van der Waals surface area contributed by atoms with Crippen LogP contribution in [0.15, 0.2) is 18.2 Å². The fourth-order valence-electron chi connectivity index (χ4n) is 1.61. The van der Waals surface area contributed by atoms with E-state index in [9.17, 15) is 4.79 Å². The fourth-order valence-corrected chi connectivity index (χ4v) is 1.61. The van der Waals surface area contributed by atoms with Crippen LogP contribution in [0.1, 0.15) is 13.3 Å². The first-order valence-corrected chi connectivity index (χ1v) is 5.89. The quantitative estimate of drug-likeness (QED) is 0.807. The molecule has 0 heterocycles. The maximum Gasteiger partial charge on any atom is 0.228 e. The van der Waals surface area contributed by atoms with Crippen LogP contribution in [-0.2, 0) is 4.79 Å². The molecule has 0 spiro atoms. The van der Waals surface area contributed by atoms with E-state index < -0.39 is 0 Å². The summed E-state index contributed by atoms with van der Waals surface area (Å²) >= 11 is 0. The summed E-state index contributed by atoms with van der Waals surface area (Å²) in [6, 6.07) is 5.24. The van der Waals surface area contributed by atoms with Gasteiger partial charge >= 0.3 is 0 Å². The van der Waals surface area contributed by atoms with Crippen molar-refractivity contribution in [2.24, 2.45) is 11.7 Å². The summed E-state index contributed by atoms with van der Waals surface area (Å²) < 4.78 is 10.3. The number of carbonyl (C=O) groups is 1. The van der Waals surface area contributed by atoms with E-state index in [2.05, 4.69) is 5.32 Å². The highest BCUT2D eigenvalue weighted by molar-refractivity contribution is 5.94. The number of hydrogen-bond donors (Lipinski definition) is 2. The molecular weight excluding hydrogens is 232 g/mol. The molecule has 1 atom stereocenters. The number of nitrogens with one attached hydrogen (secondary N) is 1. The van der Waals surface area contributed by atoms with Crippen LogP contribution in [0.3, 0.4) is 0 Å². The summed E-state index contributed by atoms with van der Waals surface area (Å²) in [5.41, 5.74) is 6.14. The molecule has 0 bridgehead atoms. The van der Waals surface area contributed by atoms with E-state index in [0.717, 1.165) is 0 Å². The summed E-state index contributed by atoms with van der Waals surface area (Å²) in [7, 11) is 3.12. The number of hydrogen-bond acceptors (Lipinski definition) is 4. The average Bonchev–Trinajstić information content (AvgIpc) is 2.40. The van der Waals surface area contributed by atoms with Crippen molar-refractivity contribution < 1.29 is 14.3 Å². The molecule has 100 valence electrons. The van der Waals surface area contributed by atoms with Gasteiger partial charge in [-0.1, -0.05) is 6.92 Å². The van der Waals surface area contributed by atoms with E-state index in [1.807, 2.05) is 6.92 Å². The molecule has 1 rings (SSSR count). The van der Waals surface area contributed by atoms with Gasteiger partial charge in [-0.2, -0.15) is 0 Å². The second-order valence-electron chi connectivity index (χ2n) is 3.90. The Morgan fingerprint density at radius 3 is 2.61 bits per heavy atom. The Labute approximate surface area is 107 Å². The third-order valence-electron chi connectivity index (χ3n) is 2.81. The molecule has 0 aromatic heterocycles. The molecular formula is C13H20N2O3. The fraction of sp³-hybridized carbons (Fsp3) is 0.462. The van der Waals surface area contributed by atoms with E-state index >= 15 is 0 Å². The summed E-state index contributed by atoms with van der Waals surface area (Å²) in [5.74, 6) is 0.954. The van der Waals surface area contributed by atoms with Crippen molar-refractivity contribution in [2.75, 3.05) is 26.1 Å². The molecule has 1 unspecified atom stereocenters. The van der Waals surface area contributed by atoms with Crippen LogP contribution in [0.5, 0.6) is 11.5 Å². The molecule has 18 heavy (non-hydrogen) atoms. The SMILES string of the molecule is CCC(CN)C(=O)Nc1cc(OC)ccc1OC. The third kappa shape index (κ3) is 3.37. The minimum atomic E-state index is -0.194. The minimum Gasteiger partial charge on any atom is -0.497 e. The number of amides is 1. The highest BCUT2D eigenvalue weighted by atomic mass is 16.5. The second kappa shape index (κ2) is 6.86. The number of nitrogens with two attached hydrogens (primary N) is 1. The van der Waals surface area contributed by atoms with Crippen LogP contribution in [0.2, 0.25) is 0 Å². The van der Waals surface area contributed by atoms with Crippen LogP contribution in [0.25, 0.3) is 0 Å². The minimum absolute atomic E-state index is 0.105. The van der Waals surface area contributed by atoms with Gasteiger partial charge in [-0.15, -0.1) is 0 Å². The summed E-state index contributed by atoms with van der Waals surface area (Å²) in [6.07, 6.45) is 0.703. The zero-order chi connectivity index (χ0) is 13.5. The van der Waals surface area contributed by atoms with Crippen molar-refractivity contribution in [3.8, 4) is 11.5 Å². The number of anilines is 1. The first-order chi connectivity index (χ1) is 8.65. The maximum atomic E-state index is 12.0. The van der Waals surface area contributed by atoms with Gasteiger partial charge in [0.05, 0.1) is 25.8 Å². The van der Waals surface area contributed by atoms with Crippen LogP contribution in [0, 0.1) is 5.92 Å². The van der Waals surface area contributed by atoms with E-state index in [1.54, 1.807) is 32.4 Å². The van der Waals surface area contributed by atoms with Gasteiger partial charge in [0.1, 0.15) is 11.5 Å². The normalized spacial score (nSPS) is 11.8. The first-order valence-electron chi connectivity index (χ1n) is 5.89. The molecule has 0 radical (unpaired) electrons. The van der Waals surface area contributed by atoms with Crippen molar-refractivity contribution in [3.63, 3.8) is 0 Å². The van der Waals surface area contributed by atoms with Crippen LogP contribution < -0.4 is 20.5 Å². The standard InChI is InChI=1S/C13H20N2O3/c1-4-9(8-14)13(16)15-11-7-10(17-2)5-6-12(11)18-3/h5-7,9H,4,8,14H2,1-3H3,(H,15,16). The molecule has 1 amide bonds. The predicted octanol–water partition coefficient (Wildman–Crippen LogP) is 1.63. The average molecular weight is 252 g/mol. The predicted molar refractivity (Wildman–Crippen MR) is 71.0 cm³/mol. The zero-order valence-electron chi connectivity index (χ0n) is 11.0. The molecule has 5 heteroatoms. The molecule has 0 aliphatic rings. The Morgan fingerprint density at radius 1 is 1.39 bits per heavy atom. The maximum absolute atomic E-state index is 12.0. The lowest BCUT2D eigenvalue weighted by Gasteiger charge is -2.15. The molecule has 5 nitrogen and oxygen atoms in total. The Bertz CT molecular complexity index is 403. The Kier molecular flexibility index (Phi) is 5.45. The molecule has 0 saturated heterocycles. The highest BCUT2D eigenvalue weighted by Gasteiger charge is 2.16. The molecule has 0 fully saturated rings. The van der Waals surface area contributed by atoms with Gasteiger partial charge < -0.3 is 20.5 Å². The molecule has 0 aliphatic heterocycles. The Balaban J connectivity index is 2.91. The van der Waals surface area contributed by atoms with Crippen LogP contribution in [-0.4, -0.2) is 26.7 Å². The van der Waals surface area contributed by atoms with Crippen molar-refractivity contribution in [3.05, 3.63) is 18.2 Å². The van der Waals surface area contributed by atoms with Gasteiger partial charge in [-0.25, -0.2) is 0 Å². The van der Waals surface area contributed by atoms with E-state index in [-0.39, 0.29) is 11.8 Å². The first kappa shape index (κ1) is 14.3. The van der Waals surface area contributed by atoms with E-state index in [0.29, 0.717) is 30.2 Å². The number of rotatable bonds is 6. The number of ether oxygens (including phenoxy) is 2. The molecule has 3 N–H and O–H groups in total. The van der Waals surface area contributed by atoms with Crippen molar-refractivity contribution in [1.82, 2.24) is 0 Å². The zero-order valence-corrected chi connectivity index (χ0v) is 11.0. The Hall–Kier alpha value is -1.75. The Morgan fingerprint density at radius 2 is 2.11 bits per heavy atom. The van der Waals surface area contributed by atoms with Gasteiger partial charge in [0.2, 0.25) is 5.91 Å². The largest absolute Gasteiger partial charge is 0.497 e. The van der Waals surface area contributed by atoms with E-state index in [1.165, 1.54) is 0 Å². The van der Waals surface area contributed by atoms with Crippen molar-refractivity contribution in [1.29, 1.82) is 0 Å². The molecule has 0 saturated carbocycles. The van der Waals surface area contributed by atoms with Gasteiger partial charge in [0, 0.05) is 12.6 Å². The highest BCUT2D eigenvalue weighted by Crippen LogP contribution is 2.29. The number of methoxy groups -OCH3 is 2. The summed E-state index contributed by atoms with van der Waals surface area (Å²) in [6.45, 7) is 2.26. The van der Waals surface area contributed by atoms with E-state index in [4.69, 9.17) is 15.2 Å². The topological polar surface area (TPSA) is 73.6 Å². The van der Waals surface area contributed by atoms with Gasteiger partial charge in [-0.05, 0) is 18.6 Å². The van der Waals surface area contributed by atoms with Crippen molar-refractivity contribution >= 4 is 11.6 Å². The van der Waals surface area contributed by atoms with Gasteiger partial charge in [-0.3, -0.25) is 4.79 Å². The lowest BCUT2D eigenvalue weighted by Crippen LogP contribution is -2.28. The molecule has 0 aliphatic carbocycles. The third-order valence-corrected chi connectivity index (χ3v) is 2.81. The molecule has 1 aromatic rings. The van der Waals surface area contributed by atoms with Gasteiger partial charge in [0.15, 0.2) is 0 Å². The lowest BCUT2D eigenvalue weighted by atomic mass is 10.1.